The molecule has 2 aliphatic rings. The molecule has 0 aromatic carbocycles. The number of hydrogen-bond donors (Lipinski definition) is 0. The van der Waals surface area contributed by atoms with Crippen molar-refractivity contribution in [2.75, 3.05) is 13.2 Å². The van der Waals surface area contributed by atoms with Crippen molar-refractivity contribution < 1.29 is 38.1 Å². The number of fused-ring (bicyclic) bond motifs is 2. The molecule has 8 nitrogen and oxygen atoms in total. The summed E-state index contributed by atoms with van der Waals surface area (Å²) in [6.45, 7) is 8.30. The van der Waals surface area contributed by atoms with Gasteiger partial charge in [0.15, 0.2) is 0 Å². The summed E-state index contributed by atoms with van der Waals surface area (Å²) in [6.07, 6.45) is 1.38. The lowest BCUT2D eigenvalue weighted by atomic mass is 9.71. The molecule has 3 atom stereocenters. The second-order valence-corrected chi connectivity index (χ2v) is 7.43. The molecule has 0 N–H and O–H groups in total. The number of hydrogen-bond acceptors (Lipinski definition) is 8. The van der Waals surface area contributed by atoms with Crippen molar-refractivity contribution in [1.29, 1.82) is 0 Å². The third-order valence-electron chi connectivity index (χ3n) is 5.18. The number of ether oxygens (including phenoxy) is 4. The summed E-state index contributed by atoms with van der Waals surface area (Å²) in [5.41, 5.74) is -1.49. The molecule has 1 aliphatic heterocycles. The maximum Gasteiger partial charge on any atom is 0.333 e. The van der Waals surface area contributed by atoms with E-state index in [1.807, 2.05) is 0 Å². The average molecular weight is 382 g/mol. The van der Waals surface area contributed by atoms with Crippen LogP contribution in [0.25, 0.3) is 0 Å². The van der Waals surface area contributed by atoms with E-state index in [2.05, 4.69) is 6.58 Å². The highest BCUT2D eigenvalue weighted by Gasteiger charge is 2.60. The van der Waals surface area contributed by atoms with E-state index in [-0.39, 0.29) is 43.5 Å². The Labute approximate surface area is 158 Å². The van der Waals surface area contributed by atoms with Crippen molar-refractivity contribution in [2.24, 2.45) is 5.92 Å². The molecule has 1 saturated heterocycles. The zero-order valence-electron chi connectivity index (χ0n) is 16.0. The van der Waals surface area contributed by atoms with Gasteiger partial charge < -0.3 is 18.9 Å². The predicted octanol–water partition coefficient (Wildman–Crippen LogP) is 1.85. The summed E-state index contributed by atoms with van der Waals surface area (Å²) in [7, 11) is 0. The topological polar surface area (TPSA) is 105 Å². The van der Waals surface area contributed by atoms with Gasteiger partial charge in [-0.25, -0.2) is 4.79 Å². The van der Waals surface area contributed by atoms with Gasteiger partial charge >= 0.3 is 23.9 Å². The van der Waals surface area contributed by atoms with Crippen LogP contribution >= 0.6 is 0 Å². The van der Waals surface area contributed by atoms with E-state index >= 15 is 0 Å². The van der Waals surface area contributed by atoms with E-state index in [1.165, 1.54) is 6.92 Å². The zero-order chi connectivity index (χ0) is 20.2. The van der Waals surface area contributed by atoms with Crippen molar-refractivity contribution >= 4 is 23.9 Å². The smallest absolute Gasteiger partial charge is 0.333 e. The van der Waals surface area contributed by atoms with Crippen LogP contribution in [0.5, 0.6) is 0 Å². The standard InChI is InChI=1S/C19H26O8/c1-12(2)16(22)25-10-9-24-14(20)5-6-15(21)26-18(3)8-7-13-11-19(18,4)27-17(13)23/h13H,1,5-11H2,2-4H3. The lowest BCUT2D eigenvalue weighted by molar-refractivity contribution is -0.197. The highest BCUT2D eigenvalue weighted by atomic mass is 16.6. The van der Waals surface area contributed by atoms with E-state index in [0.717, 1.165) is 0 Å². The Bertz CT molecular complexity index is 654. The molecule has 1 aliphatic carbocycles. The van der Waals surface area contributed by atoms with Crippen LogP contribution in [0.3, 0.4) is 0 Å². The van der Waals surface area contributed by atoms with Crippen LogP contribution in [0.4, 0.5) is 0 Å². The lowest BCUT2D eigenvalue weighted by Gasteiger charge is -2.43. The van der Waals surface area contributed by atoms with Crippen molar-refractivity contribution in [2.45, 2.75) is 64.1 Å². The molecular weight excluding hydrogens is 356 g/mol. The van der Waals surface area contributed by atoms with Crippen molar-refractivity contribution in [3.05, 3.63) is 12.2 Å². The quantitative estimate of drug-likeness (QED) is 0.271. The van der Waals surface area contributed by atoms with Crippen LogP contribution in [-0.4, -0.2) is 48.3 Å². The van der Waals surface area contributed by atoms with Crippen molar-refractivity contribution in [1.82, 2.24) is 0 Å². The van der Waals surface area contributed by atoms with Crippen LogP contribution < -0.4 is 0 Å². The highest BCUT2D eigenvalue weighted by Crippen LogP contribution is 2.50. The van der Waals surface area contributed by atoms with Gasteiger partial charge in [0, 0.05) is 12.0 Å². The SMILES string of the molecule is C=C(C)C(=O)OCCOC(=O)CCC(=O)OC1(C)CCC2CC1(C)OC2=O. The minimum atomic E-state index is -0.909. The Morgan fingerprint density at radius 1 is 1.15 bits per heavy atom. The number of carbonyl (C=O) groups is 4. The molecular formula is C19H26O8. The molecule has 1 heterocycles. The highest BCUT2D eigenvalue weighted by molar-refractivity contribution is 5.86. The Morgan fingerprint density at radius 2 is 1.78 bits per heavy atom. The van der Waals surface area contributed by atoms with Crippen LogP contribution in [0, 0.1) is 5.92 Å². The van der Waals surface area contributed by atoms with Crippen molar-refractivity contribution in [3.8, 4) is 0 Å². The first-order chi connectivity index (χ1) is 12.6. The van der Waals surface area contributed by atoms with Gasteiger partial charge in [-0.05, 0) is 33.6 Å². The third-order valence-corrected chi connectivity index (χ3v) is 5.18. The Kier molecular flexibility index (Phi) is 6.28. The maximum absolute atomic E-state index is 12.2. The first-order valence-electron chi connectivity index (χ1n) is 8.99. The van der Waals surface area contributed by atoms with Crippen LogP contribution in [0.15, 0.2) is 12.2 Å². The van der Waals surface area contributed by atoms with Gasteiger partial charge in [0.1, 0.15) is 24.4 Å². The van der Waals surface area contributed by atoms with Gasteiger partial charge in [0.2, 0.25) is 0 Å². The number of rotatable bonds is 8. The Balaban J connectivity index is 1.71. The molecule has 1 saturated carbocycles. The minimum Gasteiger partial charge on any atom is -0.462 e. The largest absolute Gasteiger partial charge is 0.462 e. The van der Waals surface area contributed by atoms with E-state index in [0.29, 0.717) is 19.3 Å². The number of esters is 4. The second kappa shape index (κ2) is 8.10. The molecule has 0 aromatic heterocycles. The van der Waals surface area contributed by atoms with Gasteiger partial charge in [0.25, 0.3) is 0 Å². The lowest BCUT2D eigenvalue weighted by Crippen LogP contribution is -2.54. The Morgan fingerprint density at radius 3 is 2.44 bits per heavy atom. The molecule has 0 aromatic rings. The first kappa shape index (κ1) is 20.9. The molecule has 150 valence electrons. The first-order valence-corrected chi connectivity index (χ1v) is 8.99. The summed E-state index contributed by atoms with van der Waals surface area (Å²) >= 11 is 0. The fourth-order valence-electron chi connectivity index (χ4n) is 3.31. The minimum absolute atomic E-state index is 0.0785. The third kappa shape index (κ3) is 4.87. The average Bonchev–Trinajstić information content (AvgIpc) is 2.85. The zero-order valence-corrected chi connectivity index (χ0v) is 16.0. The predicted molar refractivity (Wildman–Crippen MR) is 92.3 cm³/mol. The molecule has 0 radical (unpaired) electrons. The van der Waals surface area contributed by atoms with Gasteiger partial charge in [-0.1, -0.05) is 6.58 Å². The van der Waals surface area contributed by atoms with E-state index < -0.39 is 29.1 Å². The second-order valence-electron chi connectivity index (χ2n) is 7.43. The Hall–Kier alpha value is -2.38. The fourth-order valence-corrected chi connectivity index (χ4v) is 3.31. The molecule has 2 bridgehead atoms. The summed E-state index contributed by atoms with van der Waals surface area (Å²) in [5.74, 6) is -2.07. The van der Waals surface area contributed by atoms with Gasteiger partial charge in [-0.15, -0.1) is 0 Å². The summed E-state index contributed by atoms with van der Waals surface area (Å²) in [6, 6.07) is 0. The summed E-state index contributed by atoms with van der Waals surface area (Å²) in [5, 5.41) is 0. The number of carbonyl (C=O) groups excluding carboxylic acids is 4. The molecule has 2 fully saturated rings. The summed E-state index contributed by atoms with van der Waals surface area (Å²) in [4.78, 5) is 46.8. The molecule has 0 amide bonds. The van der Waals surface area contributed by atoms with E-state index in [9.17, 15) is 19.2 Å². The maximum atomic E-state index is 12.2. The summed E-state index contributed by atoms with van der Waals surface area (Å²) < 4.78 is 20.7. The van der Waals surface area contributed by atoms with Gasteiger partial charge in [-0.3, -0.25) is 14.4 Å². The van der Waals surface area contributed by atoms with Crippen LogP contribution in [0.2, 0.25) is 0 Å². The van der Waals surface area contributed by atoms with Gasteiger partial charge in [-0.2, -0.15) is 0 Å². The van der Waals surface area contributed by atoms with Crippen LogP contribution in [0.1, 0.15) is 52.9 Å². The molecule has 27 heavy (non-hydrogen) atoms. The molecule has 3 unspecified atom stereocenters. The van der Waals surface area contributed by atoms with E-state index in [1.54, 1.807) is 13.8 Å². The van der Waals surface area contributed by atoms with Crippen LogP contribution in [-0.2, 0) is 38.1 Å². The van der Waals surface area contributed by atoms with E-state index in [4.69, 9.17) is 18.9 Å². The fraction of sp³-hybridized carbons (Fsp3) is 0.684. The molecule has 2 rings (SSSR count). The van der Waals surface area contributed by atoms with Crippen molar-refractivity contribution in [3.63, 3.8) is 0 Å². The normalized spacial score (nSPS) is 28.9. The molecule has 0 spiro atoms. The monoisotopic (exact) mass is 382 g/mol. The molecule has 8 heteroatoms. The van der Waals surface area contributed by atoms with Gasteiger partial charge in [0.05, 0.1) is 18.8 Å².